The fourth-order valence-electron chi connectivity index (χ4n) is 2.72. The summed E-state index contributed by atoms with van der Waals surface area (Å²) in [7, 11) is 1.51. The molecule has 3 rings (SSSR count). The Morgan fingerprint density at radius 3 is 2.38 bits per heavy atom. The smallest absolute Gasteiger partial charge is 0.255 e. The largest absolute Gasteiger partial charge is 0.399 e. The monoisotopic (exact) mass is 344 g/mol. The van der Waals surface area contributed by atoms with Gasteiger partial charge in [-0.3, -0.25) is 4.79 Å². The quantitative estimate of drug-likeness (QED) is 0.529. The van der Waals surface area contributed by atoms with Crippen LogP contribution < -0.4 is 5.32 Å². The summed E-state index contributed by atoms with van der Waals surface area (Å²) in [4.78, 5) is 17.3. The molecule has 4 heteroatoms. The Labute approximate surface area is 153 Å². The van der Waals surface area contributed by atoms with Crippen LogP contribution in [0.25, 0.3) is 11.1 Å². The first-order chi connectivity index (χ1) is 12.7. The van der Waals surface area contributed by atoms with Crippen LogP contribution in [0.1, 0.15) is 21.5 Å². The minimum atomic E-state index is -0.112. The molecular weight excluding hydrogens is 324 g/mol. The molecule has 1 N–H and O–H groups in total. The topological polar surface area (TPSA) is 50.7 Å². The maximum atomic E-state index is 12.6. The summed E-state index contributed by atoms with van der Waals surface area (Å²) in [6.45, 7) is 1.93. The van der Waals surface area contributed by atoms with Gasteiger partial charge >= 0.3 is 0 Å². The second-order valence-electron chi connectivity index (χ2n) is 5.85. The lowest BCUT2D eigenvalue weighted by Crippen LogP contribution is -2.13. The molecule has 0 fully saturated rings. The third kappa shape index (κ3) is 3.98. The molecule has 26 heavy (non-hydrogen) atoms. The maximum absolute atomic E-state index is 12.6. The average Bonchev–Trinajstić information content (AvgIpc) is 2.67. The average molecular weight is 344 g/mol. The van der Waals surface area contributed by atoms with Gasteiger partial charge in [0.25, 0.3) is 5.91 Å². The zero-order chi connectivity index (χ0) is 18.4. The number of carbonyl (C=O) groups excluding carboxylic acids is 1. The predicted molar refractivity (Wildman–Crippen MR) is 106 cm³/mol. The lowest BCUT2D eigenvalue weighted by molar-refractivity contribution is 0.102. The lowest BCUT2D eigenvalue weighted by Gasteiger charge is -2.12. The molecule has 1 amide bonds. The highest BCUT2D eigenvalue weighted by Crippen LogP contribution is 2.28. The Kier molecular flexibility index (Phi) is 5.44. The zero-order valence-electron chi connectivity index (χ0n) is 14.8. The van der Waals surface area contributed by atoms with E-state index in [1.807, 2.05) is 79.7 Å². The number of amides is 1. The summed E-state index contributed by atoms with van der Waals surface area (Å²) < 4.78 is 0. The van der Waals surface area contributed by atoms with Crippen LogP contribution in [0.15, 0.2) is 78.0 Å². The van der Waals surface area contributed by atoms with E-state index in [0.717, 1.165) is 27.9 Å². The van der Waals surface area contributed by atoms with Gasteiger partial charge in [-0.1, -0.05) is 65.8 Å². The van der Waals surface area contributed by atoms with Crippen molar-refractivity contribution < 1.29 is 9.63 Å². The Morgan fingerprint density at radius 2 is 1.65 bits per heavy atom. The molecule has 0 aliphatic heterocycles. The van der Waals surface area contributed by atoms with Crippen molar-refractivity contribution in [2.75, 3.05) is 12.4 Å². The number of benzene rings is 3. The molecule has 0 saturated carbocycles. The molecule has 0 bridgehead atoms. The number of rotatable bonds is 5. The summed E-state index contributed by atoms with van der Waals surface area (Å²) in [5.41, 5.74) is 5.32. The summed E-state index contributed by atoms with van der Waals surface area (Å²) in [6, 6.07) is 23.2. The van der Waals surface area contributed by atoms with E-state index in [9.17, 15) is 4.79 Å². The van der Waals surface area contributed by atoms with Crippen LogP contribution in [-0.2, 0) is 4.84 Å². The van der Waals surface area contributed by atoms with Crippen molar-refractivity contribution in [3.05, 3.63) is 89.5 Å². The molecular formula is C22H20N2O2. The van der Waals surface area contributed by atoms with Crippen LogP contribution in [0.4, 0.5) is 5.69 Å². The molecule has 0 aliphatic rings. The van der Waals surface area contributed by atoms with E-state index in [2.05, 4.69) is 10.5 Å². The van der Waals surface area contributed by atoms with Crippen molar-refractivity contribution in [2.24, 2.45) is 5.16 Å². The van der Waals surface area contributed by atoms with E-state index >= 15 is 0 Å². The number of oxime groups is 1. The number of hydrogen-bond acceptors (Lipinski definition) is 3. The van der Waals surface area contributed by atoms with Gasteiger partial charge in [-0.2, -0.15) is 0 Å². The van der Waals surface area contributed by atoms with Gasteiger partial charge in [0.05, 0.1) is 6.21 Å². The number of nitrogens with zero attached hydrogens (tertiary/aromatic N) is 1. The highest BCUT2D eigenvalue weighted by atomic mass is 16.6. The standard InChI is InChI=1S/C22H20N2O2/c1-16-7-3-4-8-19(16)22(25)24-21-10-6-5-9-20(21)18-13-11-17(12-14-18)15-23-26-2/h3-15H,1-2H3,(H,24,25)/b23-15+. The van der Waals surface area contributed by atoms with Gasteiger partial charge in [0.1, 0.15) is 7.11 Å². The number of hydrogen-bond donors (Lipinski definition) is 1. The van der Waals surface area contributed by atoms with E-state index in [-0.39, 0.29) is 5.91 Å². The highest BCUT2D eigenvalue weighted by Gasteiger charge is 2.11. The maximum Gasteiger partial charge on any atom is 0.255 e. The molecule has 0 spiro atoms. The van der Waals surface area contributed by atoms with E-state index in [4.69, 9.17) is 4.84 Å². The fourth-order valence-corrected chi connectivity index (χ4v) is 2.72. The summed E-state index contributed by atoms with van der Waals surface area (Å²) in [5.74, 6) is -0.112. The Morgan fingerprint density at radius 1 is 0.962 bits per heavy atom. The van der Waals surface area contributed by atoms with Crippen molar-refractivity contribution in [1.29, 1.82) is 0 Å². The van der Waals surface area contributed by atoms with Crippen LogP contribution >= 0.6 is 0 Å². The summed E-state index contributed by atoms with van der Waals surface area (Å²) in [6.07, 6.45) is 1.65. The first-order valence-electron chi connectivity index (χ1n) is 8.32. The molecule has 0 unspecified atom stereocenters. The first-order valence-corrected chi connectivity index (χ1v) is 8.32. The molecule has 0 saturated heterocycles. The van der Waals surface area contributed by atoms with Crippen molar-refractivity contribution in [1.82, 2.24) is 0 Å². The molecule has 0 atom stereocenters. The minimum Gasteiger partial charge on any atom is -0.399 e. The third-order valence-corrected chi connectivity index (χ3v) is 4.09. The zero-order valence-corrected chi connectivity index (χ0v) is 14.8. The third-order valence-electron chi connectivity index (χ3n) is 4.09. The van der Waals surface area contributed by atoms with Gasteiger partial charge < -0.3 is 10.2 Å². The fraction of sp³-hybridized carbons (Fsp3) is 0.0909. The summed E-state index contributed by atoms with van der Waals surface area (Å²) in [5, 5.41) is 6.79. The van der Waals surface area contributed by atoms with Gasteiger partial charge in [0.15, 0.2) is 0 Å². The Bertz CT molecular complexity index is 931. The first kappa shape index (κ1) is 17.4. The van der Waals surface area contributed by atoms with Crippen molar-refractivity contribution in [2.45, 2.75) is 6.92 Å². The molecule has 3 aromatic rings. The number of para-hydroxylation sites is 1. The summed E-state index contributed by atoms with van der Waals surface area (Å²) >= 11 is 0. The van der Waals surface area contributed by atoms with E-state index in [1.165, 1.54) is 7.11 Å². The molecule has 130 valence electrons. The molecule has 4 nitrogen and oxygen atoms in total. The van der Waals surface area contributed by atoms with Crippen molar-refractivity contribution >= 4 is 17.8 Å². The van der Waals surface area contributed by atoms with E-state index < -0.39 is 0 Å². The predicted octanol–water partition coefficient (Wildman–Crippen LogP) is 4.89. The van der Waals surface area contributed by atoms with Crippen LogP contribution in [0, 0.1) is 6.92 Å². The van der Waals surface area contributed by atoms with Crippen LogP contribution in [0.2, 0.25) is 0 Å². The van der Waals surface area contributed by atoms with Gasteiger partial charge in [0.2, 0.25) is 0 Å². The van der Waals surface area contributed by atoms with Gasteiger partial charge in [-0.25, -0.2) is 0 Å². The number of aryl methyl sites for hydroxylation is 1. The SMILES string of the molecule is CO/N=C/c1ccc(-c2ccccc2NC(=O)c2ccccc2C)cc1. The number of carbonyl (C=O) groups is 1. The highest BCUT2D eigenvalue weighted by molar-refractivity contribution is 6.07. The Balaban J connectivity index is 1.88. The molecule has 0 heterocycles. The molecule has 3 aromatic carbocycles. The lowest BCUT2D eigenvalue weighted by atomic mass is 10.0. The number of anilines is 1. The van der Waals surface area contributed by atoms with Gasteiger partial charge in [-0.05, 0) is 35.7 Å². The normalized spacial score (nSPS) is 10.7. The van der Waals surface area contributed by atoms with Crippen LogP contribution in [0.3, 0.4) is 0 Å². The van der Waals surface area contributed by atoms with Crippen LogP contribution in [-0.4, -0.2) is 19.2 Å². The Hall–Kier alpha value is -3.40. The minimum absolute atomic E-state index is 0.112. The van der Waals surface area contributed by atoms with Gasteiger partial charge in [0, 0.05) is 16.8 Å². The van der Waals surface area contributed by atoms with Crippen molar-refractivity contribution in [3.63, 3.8) is 0 Å². The van der Waals surface area contributed by atoms with E-state index in [1.54, 1.807) is 6.21 Å². The number of nitrogens with one attached hydrogen (secondary N) is 1. The van der Waals surface area contributed by atoms with E-state index in [0.29, 0.717) is 5.56 Å². The molecule has 0 aliphatic carbocycles. The molecule has 0 aromatic heterocycles. The second-order valence-corrected chi connectivity index (χ2v) is 5.85. The second kappa shape index (κ2) is 8.12. The molecule has 0 radical (unpaired) electrons. The van der Waals surface area contributed by atoms with Crippen molar-refractivity contribution in [3.8, 4) is 11.1 Å². The van der Waals surface area contributed by atoms with Gasteiger partial charge in [-0.15, -0.1) is 0 Å². The van der Waals surface area contributed by atoms with Crippen LogP contribution in [0.5, 0.6) is 0 Å².